The average molecular weight is 419 g/mol. The Morgan fingerprint density at radius 3 is 2.24 bits per heavy atom. The third-order valence-electron chi connectivity index (χ3n) is 4.39. The highest BCUT2D eigenvalue weighted by Crippen LogP contribution is 2.15. The summed E-state index contributed by atoms with van der Waals surface area (Å²) < 4.78 is 23.3. The van der Waals surface area contributed by atoms with Gasteiger partial charge in [-0.25, -0.2) is 8.42 Å². The molecule has 0 aliphatic heterocycles. The molecule has 0 fully saturated rings. The van der Waals surface area contributed by atoms with Crippen molar-refractivity contribution in [1.82, 2.24) is 0 Å². The summed E-state index contributed by atoms with van der Waals surface area (Å²) in [5.41, 5.74) is 2.15. The first kappa shape index (κ1) is 22.6. The van der Waals surface area contributed by atoms with Crippen molar-refractivity contribution in [3.63, 3.8) is 0 Å². The van der Waals surface area contributed by atoms with Crippen molar-refractivity contribution < 1.29 is 22.9 Å². The highest BCUT2D eigenvalue weighted by Gasteiger charge is 2.18. The van der Waals surface area contributed by atoms with Crippen LogP contribution in [-0.2, 0) is 19.4 Å². The molecule has 0 aliphatic carbocycles. The zero-order valence-corrected chi connectivity index (χ0v) is 17.8. The first-order chi connectivity index (χ1) is 13.7. The third-order valence-corrected chi connectivity index (χ3v) is 5.50. The van der Waals surface area contributed by atoms with Crippen LogP contribution in [0.4, 0.5) is 11.4 Å². The Morgan fingerprint density at radius 1 is 0.966 bits per heavy atom. The summed E-state index contributed by atoms with van der Waals surface area (Å²) in [6.07, 6.45) is 1.94. The average Bonchev–Trinajstić information content (AvgIpc) is 2.63. The maximum atomic E-state index is 12.4. The Labute approximate surface area is 172 Å². The summed E-state index contributed by atoms with van der Waals surface area (Å²) in [4.78, 5) is 25.8. The summed E-state index contributed by atoms with van der Waals surface area (Å²) in [5, 5.41) is 5.61. The lowest BCUT2D eigenvalue weighted by atomic mass is 10.2. The topological polar surface area (TPSA) is 96.8 Å². The molecule has 2 amide bonds. The Bertz CT molecular complexity index is 973. The predicted octanol–water partition coefficient (Wildman–Crippen LogP) is 1.27. The van der Waals surface area contributed by atoms with Crippen LogP contribution in [0.2, 0.25) is 0 Å². The second kappa shape index (κ2) is 10.2. The summed E-state index contributed by atoms with van der Waals surface area (Å²) in [6.45, 7) is 4.85. The van der Waals surface area contributed by atoms with E-state index in [1.807, 2.05) is 38.1 Å². The molecule has 8 heteroatoms. The van der Waals surface area contributed by atoms with Crippen molar-refractivity contribution in [2.75, 3.05) is 36.5 Å². The van der Waals surface area contributed by atoms with Crippen LogP contribution >= 0.6 is 0 Å². The Kier molecular flexibility index (Phi) is 7.92. The third kappa shape index (κ3) is 7.32. The van der Waals surface area contributed by atoms with Crippen molar-refractivity contribution in [3.05, 3.63) is 54.1 Å². The van der Waals surface area contributed by atoms with Gasteiger partial charge in [-0.2, -0.15) is 0 Å². The van der Waals surface area contributed by atoms with Crippen LogP contribution in [0.15, 0.2) is 53.4 Å². The number of sulfone groups is 1. The lowest BCUT2D eigenvalue weighted by Crippen LogP contribution is -3.14. The fourth-order valence-corrected chi connectivity index (χ4v) is 3.63. The molecule has 0 aromatic heterocycles. The van der Waals surface area contributed by atoms with Gasteiger partial charge >= 0.3 is 0 Å². The molecule has 0 aliphatic rings. The lowest BCUT2D eigenvalue weighted by molar-refractivity contribution is -0.883. The fourth-order valence-electron chi connectivity index (χ4n) is 2.96. The van der Waals surface area contributed by atoms with E-state index in [9.17, 15) is 18.0 Å². The first-order valence-corrected chi connectivity index (χ1v) is 11.4. The molecule has 0 bridgehead atoms. The smallest absolute Gasteiger partial charge is 0.279 e. The molecule has 29 heavy (non-hydrogen) atoms. The van der Waals surface area contributed by atoms with E-state index in [0.717, 1.165) is 28.8 Å². The summed E-state index contributed by atoms with van der Waals surface area (Å²) >= 11 is 0. The number of carbonyl (C=O) groups excluding carboxylic acids is 2. The minimum atomic E-state index is -3.35. The van der Waals surface area contributed by atoms with E-state index in [0.29, 0.717) is 12.2 Å². The van der Waals surface area contributed by atoms with E-state index in [1.54, 1.807) is 12.1 Å². The van der Waals surface area contributed by atoms with Crippen molar-refractivity contribution in [2.45, 2.75) is 25.2 Å². The van der Waals surface area contributed by atoms with Crippen molar-refractivity contribution in [3.8, 4) is 0 Å². The Balaban J connectivity index is 1.98. The number of carbonyl (C=O) groups is 2. The molecule has 0 spiro atoms. The Morgan fingerprint density at radius 2 is 1.62 bits per heavy atom. The number of para-hydroxylation sites is 1. The highest BCUT2D eigenvalue weighted by atomic mass is 32.2. The van der Waals surface area contributed by atoms with Crippen LogP contribution in [-0.4, -0.2) is 46.1 Å². The molecule has 7 nitrogen and oxygen atoms in total. The number of anilines is 2. The van der Waals surface area contributed by atoms with E-state index >= 15 is 0 Å². The number of rotatable bonds is 9. The van der Waals surface area contributed by atoms with E-state index in [1.165, 1.54) is 12.1 Å². The van der Waals surface area contributed by atoms with Gasteiger partial charge in [0.2, 0.25) is 0 Å². The molecule has 1 unspecified atom stereocenters. The highest BCUT2D eigenvalue weighted by molar-refractivity contribution is 7.90. The molecule has 156 valence electrons. The van der Waals surface area contributed by atoms with Gasteiger partial charge in [0, 0.05) is 17.6 Å². The minimum absolute atomic E-state index is 0.109. The molecule has 0 saturated heterocycles. The quantitative estimate of drug-likeness (QED) is 0.571. The maximum absolute atomic E-state index is 12.4. The fraction of sp³-hybridized carbons (Fsp3) is 0.333. The van der Waals surface area contributed by atoms with Gasteiger partial charge < -0.3 is 15.5 Å². The van der Waals surface area contributed by atoms with Crippen LogP contribution < -0.4 is 15.5 Å². The molecule has 2 rings (SSSR count). The molecular weight excluding hydrogens is 390 g/mol. The molecule has 2 aromatic carbocycles. The Hall–Kier alpha value is -2.71. The lowest BCUT2D eigenvalue weighted by Gasteiger charge is -2.18. The summed E-state index contributed by atoms with van der Waals surface area (Å²) in [6, 6.07) is 13.7. The molecule has 1 atom stereocenters. The second-order valence-corrected chi connectivity index (χ2v) is 9.08. The standard InChI is InChI=1S/C21H27N3O4S/c1-4-12-24(15-21(26)23-19-11-6-5-8-16(19)2)14-20(25)22-17-9-7-10-18(13-17)29(3,27)28/h5-11,13H,4,12,14-15H2,1-3H3,(H,22,25)(H,23,26)/p+1. The largest absolute Gasteiger partial charge is 0.321 e. The maximum Gasteiger partial charge on any atom is 0.279 e. The van der Waals surface area contributed by atoms with Crippen LogP contribution in [0, 0.1) is 6.92 Å². The van der Waals surface area contributed by atoms with Gasteiger partial charge in [-0.1, -0.05) is 31.2 Å². The van der Waals surface area contributed by atoms with Gasteiger partial charge in [-0.05, 0) is 43.2 Å². The van der Waals surface area contributed by atoms with Crippen LogP contribution in [0.5, 0.6) is 0 Å². The normalized spacial score (nSPS) is 12.2. The number of amides is 2. The van der Waals surface area contributed by atoms with Gasteiger partial charge in [-0.15, -0.1) is 0 Å². The molecule has 0 heterocycles. The van der Waals surface area contributed by atoms with E-state index in [2.05, 4.69) is 10.6 Å². The molecular formula is C21H28N3O4S+. The van der Waals surface area contributed by atoms with Crippen molar-refractivity contribution >= 4 is 33.0 Å². The zero-order chi connectivity index (χ0) is 21.4. The number of quaternary nitrogens is 1. The molecule has 3 N–H and O–H groups in total. The molecule has 0 radical (unpaired) electrons. The van der Waals surface area contributed by atoms with Gasteiger partial charge in [0.1, 0.15) is 0 Å². The first-order valence-electron chi connectivity index (χ1n) is 9.48. The van der Waals surface area contributed by atoms with Gasteiger partial charge in [0.15, 0.2) is 22.9 Å². The van der Waals surface area contributed by atoms with Gasteiger partial charge in [0.05, 0.1) is 11.4 Å². The monoisotopic (exact) mass is 418 g/mol. The van der Waals surface area contributed by atoms with Gasteiger partial charge in [-0.3, -0.25) is 9.59 Å². The number of nitrogens with one attached hydrogen (secondary N) is 3. The zero-order valence-electron chi connectivity index (χ0n) is 17.0. The predicted molar refractivity (Wildman–Crippen MR) is 114 cm³/mol. The number of benzene rings is 2. The van der Waals surface area contributed by atoms with Crippen molar-refractivity contribution in [1.29, 1.82) is 0 Å². The molecule has 2 aromatic rings. The molecule has 0 saturated carbocycles. The van der Waals surface area contributed by atoms with Crippen molar-refractivity contribution in [2.24, 2.45) is 0 Å². The van der Waals surface area contributed by atoms with E-state index in [-0.39, 0.29) is 29.8 Å². The number of aryl methyl sites for hydroxylation is 1. The summed E-state index contributed by atoms with van der Waals surface area (Å²) in [5.74, 6) is -0.433. The number of hydrogen-bond donors (Lipinski definition) is 3. The summed E-state index contributed by atoms with van der Waals surface area (Å²) in [7, 11) is -3.35. The minimum Gasteiger partial charge on any atom is -0.321 e. The van der Waals surface area contributed by atoms with Crippen LogP contribution in [0.3, 0.4) is 0 Å². The van der Waals surface area contributed by atoms with Gasteiger partial charge in [0.25, 0.3) is 11.8 Å². The van der Waals surface area contributed by atoms with Crippen LogP contribution in [0.25, 0.3) is 0 Å². The second-order valence-electron chi connectivity index (χ2n) is 7.06. The van der Waals surface area contributed by atoms with E-state index < -0.39 is 9.84 Å². The number of hydrogen-bond acceptors (Lipinski definition) is 4. The van der Waals surface area contributed by atoms with Crippen LogP contribution in [0.1, 0.15) is 18.9 Å². The van der Waals surface area contributed by atoms with E-state index in [4.69, 9.17) is 0 Å². The SMILES string of the molecule is CCC[NH+](CC(=O)Nc1cccc(S(C)(=O)=O)c1)CC(=O)Nc1ccccc1C.